The second-order valence-corrected chi connectivity index (χ2v) is 6.25. The molecule has 11 heteroatoms. The Morgan fingerprint density at radius 2 is 1.36 bits per heavy atom. The van der Waals surface area contributed by atoms with Gasteiger partial charge < -0.3 is 9.79 Å². The Kier molecular flexibility index (Phi) is 5.60. The first kappa shape index (κ1) is 18.7. The molecule has 2 N–H and O–H groups in total. The van der Waals surface area contributed by atoms with E-state index in [9.17, 15) is 24.8 Å². The summed E-state index contributed by atoms with van der Waals surface area (Å²) in [5, 5.41) is 21.3. The van der Waals surface area contributed by atoms with Crippen molar-refractivity contribution in [2.75, 3.05) is 0 Å². The van der Waals surface area contributed by atoms with Gasteiger partial charge in [-0.05, 0) is 23.3 Å². The molecule has 10 nitrogen and oxygen atoms in total. The summed E-state index contributed by atoms with van der Waals surface area (Å²) in [6, 6.07) is 10.5. The Bertz CT molecular complexity index is 816. The predicted molar refractivity (Wildman–Crippen MR) is 85.8 cm³/mol. The Hall–Kier alpha value is -2.65. The lowest BCUT2D eigenvalue weighted by atomic mass is 10.0. The van der Waals surface area contributed by atoms with Crippen LogP contribution < -0.4 is 0 Å². The number of nitro groups is 2. The summed E-state index contributed by atoms with van der Waals surface area (Å²) in [6.07, 6.45) is -1.07. The molecule has 0 spiro atoms. The van der Waals surface area contributed by atoms with Gasteiger partial charge in [-0.1, -0.05) is 12.1 Å². The van der Waals surface area contributed by atoms with Crippen LogP contribution in [0.25, 0.3) is 0 Å². The van der Waals surface area contributed by atoms with Crippen molar-refractivity contribution in [3.63, 3.8) is 0 Å². The fourth-order valence-electron chi connectivity index (χ4n) is 2.16. The number of rotatable bonds is 7. The molecular formula is C14H13N2O8P. The molecule has 1 atom stereocenters. The minimum Gasteiger partial charge on any atom is -0.303 e. The smallest absolute Gasteiger partial charge is 0.303 e. The minimum atomic E-state index is -4.82. The zero-order valence-electron chi connectivity index (χ0n) is 12.6. The molecule has 0 heterocycles. The van der Waals surface area contributed by atoms with E-state index in [0.29, 0.717) is 11.1 Å². The lowest BCUT2D eigenvalue weighted by Gasteiger charge is -2.18. The van der Waals surface area contributed by atoms with Crippen LogP contribution >= 0.6 is 7.82 Å². The number of nitrogens with zero attached hydrogens (tertiary/aromatic N) is 2. The number of non-ortho nitro benzene ring substituents is 2. The van der Waals surface area contributed by atoms with Crippen LogP contribution in [0.5, 0.6) is 0 Å². The van der Waals surface area contributed by atoms with E-state index >= 15 is 0 Å². The van der Waals surface area contributed by atoms with Crippen LogP contribution in [-0.2, 0) is 15.5 Å². The topological polar surface area (TPSA) is 153 Å². The molecule has 2 aromatic rings. The van der Waals surface area contributed by atoms with Crippen molar-refractivity contribution < 1.29 is 28.7 Å². The molecule has 2 aromatic carbocycles. The van der Waals surface area contributed by atoms with Gasteiger partial charge in [0.15, 0.2) is 0 Å². The van der Waals surface area contributed by atoms with Crippen molar-refractivity contribution in [2.45, 2.75) is 12.5 Å². The molecular weight excluding hydrogens is 355 g/mol. The van der Waals surface area contributed by atoms with Gasteiger partial charge in [-0.15, -0.1) is 0 Å². The van der Waals surface area contributed by atoms with Gasteiger partial charge in [0, 0.05) is 30.7 Å². The van der Waals surface area contributed by atoms with Crippen LogP contribution in [0.15, 0.2) is 48.5 Å². The number of benzene rings is 2. The highest BCUT2D eigenvalue weighted by molar-refractivity contribution is 7.46. The van der Waals surface area contributed by atoms with Crippen molar-refractivity contribution in [3.05, 3.63) is 79.9 Å². The molecule has 0 aliphatic heterocycles. The largest absolute Gasteiger partial charge is 0.470 e. The molecule has 0 saturated carbocycles. The molecule has 0 saturated heterocycles. The number of phosphoric acid groups is 1. The quantitative estimate of drug-likeness (QED) is 0.430. The summed E-state index contributed by atoms with van der Waals surface area (Å²) in [5.41, 5.74) is 0.579. The zero-order valence-corrected chi connectivity index (χ0v) is 13.5. The summed E-state index contributed by atoms with van der Waals surface area (Å²) in [5.74, 6) is 0. The highest BCUT2D eigenvalue weighted by atomic mass is 31.2. The fraction of sp³-hybridized carbons (Fsp3) is 0.143. The molecule has 0 radical (unpaired) electrons. The third-order valence-electron chi connectivity index (χ3n) is 3.31. The van der Waals surface area contributed by atoms with Gasteiger partial charge in [0.25, 0.3) is 11.4 Å². The third kappa shape index (κ3) is 5.44. The highest BCUT2D eigenvalue weighted by Crippen LogP contribution is 2.43. The molecule has 1 unspecified atom stereocenters. The van der Waals surface area contributed by atoms with E-state index in [2.05, 4.69) is 0 Å². The van der Waals surface area contributed by atoms with Crippen molar-refractivity contribution in [1.82, 2.24) is 0 Å². The van der Waals surface area contributed by atoms with Crippen molar-refractivity contribution in [3.8, 4) is 0 Å². The average Bonchev–Trinajstić information content (AvgIpc) is 2.53. The molecule has 0 fully saturated rings. The van der Waals surface area contributed by atoms with Gasteiger partial charge in [-0.3, -0.25) is 24.8 Å². The van der Waals surface area contributed by atoms with Gasteiger partial charge in [0.1, 0.15) is 0 Å². The molecule has 132 valence electrons. The second kappa shape index (κ2) is 7.49. The summed E-state index contributed by atoms with van der Waals surface area (Å²) in [6.45, 7) is 0. The van der Waals surface area contributed by atoms with E-state index in [0.717, 1.165) is 0 Å². The average molecular weight is 368 g/mol. The first-order chi connectivity index (χ1) is 11.7. The zero-order chi connectivity index (χ0) is 18.6. The number of nitro benzene ring substituents is 2. The molecule has 0 bridgehead atoms. The standard InChI is InChI=1S/C14H13N2O8P/c17-15(18)12-5-1-10(2-6-12)9-14(24-25(21,22)23)11-3-7-13(8-4-11)16(19)20/h1-8,14H,9H2,(H2,21,22,23). The van der Waals surface area contributed by atoms with Gasteiger partial charge in [0.05, 0.1) is 16.0 Å². The van der Waals surface area contributed by atoms with E-state index in [4.69, 9.17) is 14.3 Å². The lowest BCUT2D eigenvalue weighted by Crippen LogP contribution is -2.07. The van der Waals surface area contributed by atoms with E-state index in [1.165, 1.54) is 48.5 Å². The fourth-order valence-corrected chi connectivity index (χ4v) is 2.69. The van der Waals surface area contributed by atoms with E-state index < -0.39 is 23.8 Å². The van der Waals surface area contributed by atoms with E-state index in [-0.39, 0.29) is 17.8 Å². The van der Waals surface area contributed by atoms with Gasteiger partial charge in [-0.2, -0.15) is 0 Å². The van der Waals surface area contributed by atoms with Crippen LogP contribution in [0, 0.1) is 20.2 Å². The normalized spacial score (nSPS) is 12.6. The van der Waals surface area contributed by atoms with Gasteiger partial charge in [-0.25, -0.2) is 4.57 Å². The Morgan fingerprint density at radius 3 is 1.76 bits per heavy atom. The van der Waals surface area contributed by atoms with E-state index in [1.54, 1.807) is 0 Å². The maximum absolute atomic E-state index is 11.2. The first-order valence-corrected chi connectivity index (χ1v) is 8.40. The third-order valence-corrected chi connectivity index (χ3v) is 3.84. The second-order valence-electron chi connectivity index (χ2n) is 5.06. The van der Waals surface area contributed by atoms with Gasteiger partial charge >= 0.3 is 7.82 Å². The maximum atomic E-state index is 11.2. The summed E-state index contributed by atoms with van der Waals surface area (Å²) >= 11 is 0. The number of hydrogen-bond acceptors (Lipinski definition) is 6. The lowest BCUT2D eigenvalue weighted by molar-refractivity contribution is -0.385. The molecule has 0 aliphatic rings. The summed E-state index contributed by atoms with van der Waals surface area (Å²) in [7, 11) is -4.82. The summed E-state index contributed by atoms with van der Waals surface area (Å²) < 4.78 is 16.0. The maximum Gasteiger partial charge on any atom is 0.470 e. The SMILES string of the molecule is O=[N+]([O-])c1ccc(CC(OP(=O)(O)O)c2ccc([N+](=O)[O-])cc2)cc1. The monoisotopic (exact) mass is 368 g/mol. The Morgan fingerprint density at radius 1 is 0.920 bits per heavy atom. The molecule has 25 heavy (non-hydrogen) atoms. The number of phosphoric ester groups is 1. The van der Waals surface area contributed by atoms with Crippen LogP contribution in [0.3, 0.4) is 0 Å². The van der Waals surface area contributed by atoms with Crippen LogP contribution in [0.1, 0.15) is 17.2 Å². The Labute approximate surface area is 141 Å². The number of hydrogen-bond donors (Lipinski definition) is 2. The van der Waals surface area contributed by atoms with Crippen LogP contribution in [-0.4, -0.2) is 19.6 Å². The van der Waals surface area contributed by atoms with Crippen molar-refractivity contribution in [2.24, 2.45) is 0 Å². The predicted octanol–water partition coefficient (Wildman–Crippen LogP) is 2.90. The molecule has 2 rings (SSSR count). The van der Waals surface area contributed by atoms with E-state index in [1.807, 2.05) is 0 Å². The minimum absolute atomic E-state index is 0.0148. The van der Waals surface area contributed by atoms with Crippen molar-refractivity contribution in [1.29, 1.82) is 0 Å². The molecule has 0 amide bonds. The molecule has 0 aliphatic carbocycles. The van der Waals surface area contributed by atoms with Gasteiger partial charge in [0.2, 0.25) is 0 Å². The van der Waals surface area contributed by atoms with Crippen LogP contribution in [0.4, 0.5) is 11.4 Å². The van der Waals surface area contributed by atoms with Crippen molar-refractivity contribution >= 4 is 19.2 Å². The first-order valence-electron chi connectivity index (χ1n) is 6.87. The highest BCUT2D eigenvalue weighted by Gasteiger charge is 2.24. The van der Waals surface area contributed by atoms with Crippen LogP contribution in [0.2, 0.25) is 0 Å². The molecule has 0 aromatic heterocycles. The Balaban J connectivity index is 2.27. The summed E-state index contributed by atoms with van der Waals surface area (Å²) in [4.78, 5) is 38.3.